The van der Waals surface area contributed by atoms with Gasteiger partial charge in [-0.1, -0.05) is 12.1 Å². The van der Waals surface area contributed by atoms with Crippen LogP contribution in [0.15, 0.2) is 24.3 Å². The maximum atomic E-state index is 12.8. The Morgan fingerprint density at radius 1 is 1.13 bits per heavy atom. The normalized spacial score (nSPS) is 22.1. The third kappa shape index (κ3) is 1.69. The molecule has 2 N–H and O–H groups in total. The minimum Gasteiger partial charge on any atom is -0.508 e. The Labute approximate surface area is 86.2 Å². The number of benzene rings is 1. The van der Waals surface area contributed by atoms with Gasteiger partial charge in [0.15, 0.2) is 0 Å². The van der Waals surface area contributed by atoms with Gasteiger partial charge < -0.3 is 10.2 Å². The summed E-state index contributed by atoms with van der Waals surface area (Å²) in [6.45, 7) is -0.284. The maximum Gasteiger partial charge on any atom is 0.250 e. The Hall–Kier alpha value is -1.16. The zero-order chi connectivity index (χ0) is 11.1. The Balaban J connectivity index is 2.25. The molecule has 2 nitrogen and oxygen atoms in total. The highest BCUT2D eigenvalue weighted by molar-refractivity contribution is 5.34. The van der Waals surface area contributed by atoms with E-state index in [-0.39, 0.29) is 25.2 Å². The van der Waals surface area contributed by atoms with E-state index >= 15 is 0 Å². The predicted octanol–water partition coefficient (Wildman–Crippen LogP) is 2.05. The molecular formula is C11H12F2O2. The van der Waals surface area contributed by atoms with Crippen LogP contribution in [-0.2, 0) is 5.41 Å². The first-order valence-corrected chi connectivity index (χ1v) is 4.76. The lowest BCUT2D eigenvalue weighted by Gasteiger charge is -2.46. The second kappa shape index (κ2) is 3.17. The van der Waals surface area contributed by atoms with E-state index in [9.17, 15) is 13.9 Å². The quantitative estimate of drug-likeness (QED) is 0.791. The summed E-state index contributed by atoms with van der Waals surface area (Å²) in [7, 11) is 0. The van der Waals surface area contributed by atoms with Gasteiger partial charge in [0.1, 0.15) is 5.75 Å². The Bertz CT molecular complexity index is 351. The Morgan fingerprint density at radius 2 is 1.67 bits per heavy atom. The van der Waals surface area contributed by atoms with Crippen molar-refractivity contribution in [2.45, 2.75) is 24.2 Å². The number of aliphatic hydroxyl groups is 1. The fourth-order valence-electron chi connectivity index (χ4n) is 2.16. The van der Waals surface area contributed by atoms with Crippen molar-refractivity contribution in [3.63, 3.8) is 0 Å². The van der Waals surface area contributed by atoms with Gasteiger partial charge in [0.05, 0.1) is 6.61 Å². The van der Waals surface area contributed by atoms with E-state index in [2.05, 4.69) is 0 Å². The maximum absolute atomic E-state index is 12.8. The lowest BCUT2D eigenvalue weighted by molar-refractivity contribution is -0.139. The molecule has 0 saturated heterocycles. The van der Waals surface area contributed by atoms with Gasteiger partial charge in [-0.2, -0.15) is 0 Å². The number of phenolic OH excluding ortho intramolecular Hbond substituents is 1. The molecule has 0 unspecified atom stereocenters. The summed E-state index contributed by atoms with van der Waals surface area (Å²) in [5.41, 5.74) is -0.161. The van der Waals surface area contributed by atoms with E-state index in [1.165, 1.54) is 12.1 Å². The smallest absolute Gasteiger partial charge is 0.250 e. The summed E-state index contributed by atoms with van der Waals surface area (Å²) >= 11 is 0. The number of rotatable bonds is 2. The SMILES string of the molecule is OCC1(c2ccc(O)cc2)CC(F)(F)C1. The van der Waals surface area contributed by atoms with Crippen molar-refractivity contribution in [2.75, 3.05) is 6.61 Å². The van der Waals surface area contributed by atoms with Crippen LogP contribution in [0.25, 0.3) is 0 Å². The van der Waals surface area contributed by atoms with Crippen LogP contribution in [0.2, 0.25) is 0 Å². The molecule has 15 heavy (non-hydrogen) atoms. The van der Waals surface area contributed by atoms with Crippen LogP contribution in [0.4, 0.5) is 8.78 Å². The van der Waals surface area contributed by atoms with Gasteiger partial charge in [-0.05, 0) is 17.7 Å². The van der Waals surface area contributed by atoms with Crippen LogP contribution in [0.5, 0.6) is 5.75 Å². The van der Waals surface area contributed by atoms with Crippen LogP contribution in [-0.4, -0.2) is 22.7 Å². The number of hydrogen-bond donors (Lipinski definition) is 2. The number of hydrogen-bond acceptors (Lipinski definition) is 2. The summed E-state index contributed by atoms with van der Waals surface area (Å²) in [6, 6.07) is 6.06. The van der Waals surface area contributed by atoms with Crippen molar-refractivity contribution in [2.24, 2.45) is 0 Å². The van der Waals surface area contributed by atoms with E-state index in [1.807, 2.05) is 0 Å². The van der Waals surface area contributed by atoms with Crippen molar-refractivity contribution < 1.29 is 19.0 Å². The molecule has 0 heterocycles. The lowest BCUT2D eigenvalue weighted by atomic mass is 9.62. The molecule has 1 aliphatic carbocycles. The third-order valence-corrected chi connectivity index (χ3v) is 2.98. The summed E-state index contributed by atoms with van der Waals surface area (Å²) in [6.07, 6.45) is -0.636. The molecule has 0 aromatic heterocycles. The van der Waals surface area contributed by atoms with Crippen molar-refractivity contribution in [1.82, 2.24) is 0 Å². The van der Waals surface area contributed by atoms with Crippen LogP contribution in [0.3, 0.4) is 0 Å². The van der Waals surface area contributed by atoms with Gasteiger partial charge >= 0.3 is 0 Å². The monoisotopic (exact) mass is 214 g/mol. The van der Waals surface area contributed by atoms with E-state index in [4.69, 9.17) is 5.11 Å². The average molecular weight is 214 g/mol. The summed E-state index contributed by atoms with van der Waals surface area (Å²) in [5.74, 6) is -2.57. The number of alkyl halides is 2. The summed E-state index contributed by atoms with van der Waals surface area (Å²) in [4.78, 5) is 0. The number of aliphatic hydroxyl groups excluding tert-OH is 1. The van der Waals surface area contributed by atoms with Gasteiger partial charge in [-0.25, -0.2) is 8.78 Å². The first kappa shape index (κ1) is 10.4. The molecule has 1 aromatic carbocycles. The van der Waals surface area contributed by atoms with Gasteiger partial charge in [-0.3, -0.25) is 0 Å². The second-order valence-corrected chi connectivity index (χ2v) is 4.19. The molecule has 0 aliphatic heterocycles. The molecule has 1 aromatic rings. The predicted molar refractivity (Wildman–Crippen MR) is 51.1 cm³/mol. The molecule has 1 saturated carbocycles. The number of phenols is 1. The second-order valence-electron chi connectivity index (χ2n) is 4.19. The highest BCUT2D eigenvalue weighted by atomic mass is 19.3. The fraction of sp³-hybridized carbons (Fsp3) is 0.455. The Kier molecular flexibility index (Phi) is 2.19. The van der Waals surface area contributed by atoms with E-state index in [0.717, 1.165) is 0 Å². The van der Waals surface area contributed by atoms with E-state index in [0.29, 0.717) is 5.56 Å². The van der Waals surface area contributed by atoms with Gasteiger partial charge in [-0.15, -0.1) is 0 Å². The summed E-state index contributed by atoms with van der Waals surface area (Å²) in [5, 5.41) is 18.3. The standard InChI is InChI=1S/C11H12F2O2/c12-11(13)5-10(6-11,7-14)8-1-3-9(15)4-2-8/h1-4,14-15H,5-7H2. The highest BCUT2D eigenvalue weighted by Crippen LogP contribution is 2.53. The zero-order valence-corrected chi connectivity index (χ0v) is 8.08. The molecule has 0 bridgehead atoms. The van der Waals surface area contributed by atoms with Crippen molar-refractivity contribution in [1.29, 1.82) is 0 Å². The van der Waals surface area contributed by atoms with E-state index in [1.54, 1.807) is 12.1 Å². The molecule has 0 atom stereocenters. The van der Waals surface area contributed by atoms with Crippen LogP contribution in [0, 0.1) is 0 Å². The zero-order valence-electron chi connectivity index (χ0n) is 8.08. The van der Waals surface area contributed by atoms with Gasteiger partial charge in [0.25, 0.3) is 0 Å². The molecule has 0 amide bonds. The molecule has 1 aliphatic rings. The van der Waals surface area contributed by atoms with Crippen molar-refractivity contribution in [3.05, 3.63) is 29.8 Å². The topological polar surface area (TPSA) is 40.5 Å². The average Bonchev–Trinajstić information content (AvgIpc) is 2.14. The van der Waals surface area contributed by atoms with Crippen LogP contribution in [0.1, 0.15) is 18.4 Å². The molecule has 82 valence electrons. The fourth-order valence-corrected chi connectivity index (χ4v) is 2.16. The molecule has 1 fully saturated rings. The van der Waals surface area contributed by atoms with Gasteiger partial charge in [0.2, 0.25) is 5.92 Å². The minimum absolute atomic E-state index is 0.0953. The minimum atomic E-state index is -2.67. The first-order chi connectivity index (χ1) is 6.97. The van der Waals surface area contributed by atoms with Gasteiger partial charge in [0, 0.05) is 18.3 Å². The third-order valence-electron chi connectivity index (χ3n) is 2.98. The molecule has 2 rings (SSSR count). The lowest BCUT2D eigenvalue weighted by Crippen LogP contribution is -2.51. The Morgan fingerprint density at radius 3 is 2.07 bits per heavy atom. The molecular weight excluding hydrogens is 202 g/mol. The summed E-state index contributed by atoms with van der Waals surface area (Å²) < 4.78 is 25.6. The molecule has 4 heteroatoms. The van der Waals surface area contributed by atoms with Crippen molar-refractivity contribution >= 4 is 0 Å². The molecule has 0 spiro atoms. The molecule has 0 radical (unpaired) electrons. The largest absolute Gasteiger partial charge is 0.508 e. The van der Waals surface area contributed by atoms with E-state index < -0.39 is 11.3 Å². The number of halogens is 2. The highest BCUT2D eigenvalue weighted by Gasteiger charge is 2.56. The first-order valence-electron chi connectivity index (χ1n) is 4.76. The van der Waals surface area contributed by atoms with Crippen LogP contribution < -0.4 is 0 Å². The number of aromatic hydroxyl groups is 1. The van der Waals surface area contributed by atoms with Crippen LogP contribution >= 0.6 is 0 Å². The van der Waals surface area contributed by atoms with Crippen molar-refractivity contribution in [3.8, 4) is 5.75 Å².